The minimum Gasteiger partial charge on any atom is -0.347 e. The lowest BCUT2D eigenvalue weighted by atomic mass is 10.2. The summed E-state index contributed by atoms with van der Waals surface area (Å²) in [6, 6.07) is 13.9. The number of amides is 1. The fraction of sp³-hybridized carbons (Fsp3) is 0.0500. The van der Waals surface area contributed by atoms with Gasteiger partial charge in [-0.1, -0.05) is 36.4 Å². The van der Waals surface area contributed by atoms with E-state index in [1.54, 1.807) is 6.08 Å². The van der Waals surface area contributed by atoms with Crippen molar-refractivity contribution in [3.8, 4) is 11.4 Å². The topological polar surface area (TPSA) is 66.9 Å². The van der Waals surface area contributed by atoms with Gasteiger partial charge in [0, 0.05) is 29.9 Å². The van der Waals surface area contributed by atoms with Crippen LogP contribution in [0.1, 0.15) is 10.5 Å². The summed E-state index contributed by atoms with van der Waals surface area (Å²) in [4.78, 5) is 21.0. The minimum atomic E-state index is -0.985. The molecule has 0 radical (unpaired) electrons. The molecule has 0 unspecified atom stereocenters. The molecule has 0 aliphatic carbocycles. The lowest BCUT2D eigenvalue weighted by Gasteiger charge is -2.10. The van der Waals surface area contributed by atoms with Crippen LogP contribution in [0, 0.1) is 11.6 Å². The van der Waals surface area contributed by atoms with E-state index in [1.165, 1.54) is 12.1 Å². The molecule has 0 spiro atoms. The Bertz CT molecular complexity index is 977. The van der Waals surface area contributed by atoms with Gasteiger partial charge in [-0.25, -0.2) is 18.7 Å². The first-order chi connectivity index (χ1) is 13.1. The Morgan fingerprint density at radius 2 is 1.81 bits per heavy atom. The highest BCUT2D eigenvalue weighted by molar-refractivity contribution is 5.93. The maximum Gasteiger partial charge on any atom is 0.270 e. The zero-order valence-electron chi connectivity index (χ0n) is 14.2. The van der Waals surface area contributed by atoms with Crippen molar-refractivity contribution in [1.29, 1.82) is 0 Å². The van der Waals surface area contributed by atoms with Crippen molar-refractivity contribution < 1.29 is 13.6 Å². The van der Waals surface area contributed by atoms with Crippen LogP contribution in [0.25, 0.3) is 11.4 Å². The number of hydrogen-bond acceptors (Lipinski definition) is 4. The van der Waals surface area contributed by atoms with Gasteiger partial charge in [-0.2, -0.15) is 0 Å². The van der Waals surface area contributed by atoms with Crippen LogP contribution in [0.2, 0.25) is 0 Å². The standard InChI is InChI=1S/C20H16F2N4O/c1-2-10-23-20(27)17-12-18(24-14-8-9-15(21)16(22)11-14)26-19(25-17)13-6-4-3-5-7-13/h2-9,11-12H,1,10H2,(H,23,27)(H,24,25,26). The molecule has 0 aliphatic rings. The van der Waals surface area contributed by atoms with Crippen molar-refractivity contribution in [3.05, 3.63) is 84.6 Å². The summed E-state index contributed by atoms with van der Waals surface area (Å²) in [6.45, 7) is 3.84. The first-order valence-corrected chi connectivity index (χ1v) is 8.12. The number of halogens is 2. The number of carbonyl (C=O) groups excluding carboxylic acids is 1. The molecule has 1 amide bonds. The fourth-order valence-electron chi connectivity index (χ4n) is 2.32. The van der Waals surface area contributed by atoms with Gasteiger partial charge in [-0.05, 0) is 12.1 Å². The number of rotatable bonds is 6. The predicted molar refractivity (Wildman–Crippen MR) is 99.6 cm³/mol. The Kier molecular flexibility index (Phi) is 5.51. The Morgan fingerprint density at radius 3 is 2.52 bits per heavy atom. The van der Waals surface area contributed by atoms with Crippen molar-refractivity contribution in [2.75, 3.05) is 11.9 Å². The average molecular weight is 366 g/mol. The molecule has 3 aromatic rings. The summed E-state index contributed by atoms with van der Waals surface area (Å²) in [6.07, 6.45) is 1.55. The molecule has 0 fully saturated rings. The van der Waals surface area contributed by atoms with E-state index in [-0.39, 0.29) is 18.1 Å². The summed E-state index contributed by atoms with van der Waals surface area (Å²) in [5, 5.41) is 5.53. The van der Waals surface area contributed by atoms with Crippen molar-refractivity contribution in [1.82, 2.24) is 15.3 Å². The maximum atomic E-state index is 13.5. The number of carbonyl (C=O) groups is 1. The molecule has 2 N–H and O–H groups in total. The number of nitrogens with one attached hydrogen (secondary N) is 2. The van der Waals surface area contributed by atoms with E-state index in [2.05, 4.69) is 27.2 Å². The Morgan fingerprint density at radius 1 is 1.04 bits per heavy atom. The minimum absolute atomic E-state index is 0.135. The van der Waals surface area contributed by atoms with Crippen LogP contribution in [0.3, 0.4) is 0 Å². The highest BCUT2D eigenvalue weighted by Gasteiger charge is 2.13. The summed E-state index contributed by atoms with van der Waals surface area (Å²) in [5.41, 5.74) is 1.14. The van der Waals surface area contributed by atoms with Gasteiger partial charge in [-0.3, -0.25) is 4.79 Å². The third-order valence-electron chi connectivity index (χ3n) is 3.59. The Hall–Kier alpha value is -3.61. The first kappa shape index (κ1) is 18.2. The van der Waals surface area contributed by atoms with Crippen molar-refractivity contribution in [2.24, 2.45) is 0 Å². The second-order valence-corrected chi connectivity index (χ2v) is 5.58. The molecular formula is C20H16F2N4O. The summed E-state index contributed by atoms with van der Waals surface area (Å²) < 4.78 is 26.6. The second kappa shape index (κ2) is 8.18. The normalized spacial score (nSPS) is 10.3. The smallest absolute Gasteiger partial charge is 0.270 e. The van der Waals surface area contributed by atoms with E-state index in [4.69, 9.17) is 0 Å². The lowest BCUT2D eigenvalue weighted by molar-refractivity contribution is 0.0953. The zero-order chi connectivity index (χ0) is 19.2. The summed E-state index contributed by atoms with van der Waals surface area (Å²) in [7, 11) is 0. The molecule has 2 aromatic carbocycles. The van der Waals surface area contributed by atoms with E-state index in [9.17, 15) is 13.6 Å². The third-order valence-corrected chi connectivity index (χ3v) is 3.59. The largest absolute Gasteiger partial charge is 0.347 e. The van der Waals surface area contributed by atoms with Crippen LogP contribution in [0.4, 0.5) is 20.3 Å². The van der Waals surface area contributed by atoms with Gasteiger partial charge in [0.05, 0.1) is 0 Å². The number of anilines is 2. The van der Waals surface area contributed by atoms with E-state index >= 15 is 0 Å². The van der Waals surface area contributed by atoms with Crippen molar-refractivity contribution in [2.45, 2.75) is 0 Å². The average Bonchev–Trinajstić information content (AvgIpc) is 2.69. The van der Waals surface area contributed by atoms with E-state index in [0.717, 1.165) is 12.1 Å². The van der Waals surface area contributed by atoms with E-state index in [1.807, 2.05) is 30.3 Å². The van der Waals surface area contributed by atoms with Gasteiger partial charge in [0.25, 0.3) is 5.91 Å². The van der Waals surface area contributed by atoms with Gasteiger partial charge in [-0.15, -0.1) is 6.58 Å². The molecule has 0 saturated carbocycles. The lowest BCUT2D eigenvalue weighted by Crippen LogP contribution is -2.24. The van der Waals surface area contributed by atoms with Crippen LogP contribution in [-0.4, -0.2) is 22.4 Å². The molecule has 27 heavy (non-hydrogen) atoms. The van der Waals surface area contributed by atoms with Gasteiger partial charge in [0.15, 0.2) is 17.5 Å². The molecule has 0 atom stereocenters. The molecule has 136 valence electrons. The van der Waals surface area contributed by atoms with Gasteiger partial charge in [0.1, 0.15) is 11.5 Å². The van der Waals surface area contributed by atoms with Gasteiger partial charge < -0.3 is 10.6 Å². The van der Waals surface area contributed by atoms with Crippen molar-refractivity contribution in [3.63, 3.8) is 0 Å². The van der Waals surface area contributed by atoms with Crippen molar-refractivity contribution >= 4 is 17.4 Å². The van der Waals surface area contributed by atoms with E-state index < -0.39 is 17.5 Å². The molecule has 5 nitrogen and oxygen atoms in total. The number of benzene rings is 2. The SMILES string of the molecule is C=CCNC(=O)c1cc(Nc2ccc(F)c(F)c2)nc(-c2ccccc2)n1. The molecule has 0 bridgehead atoms. The molecular weight excluding hydrogens is 350 g/mol. The van der Waals surface area contributed by atoms with Crippen LogP contribution in [-0.2, 0) is 0 Å². The van der Waals surface area contributed by atoms with Crippen LogP contribution in [0.5, 0.6) is 0 Å². The number of aromatic nitrogens is 2. The van der Waals surface area contributed by atoms with Crippen LogP contribution >= 0.6 is 0 Å². The highest BCUT2D eigenvalue weighted by Crippen LogP contribution is 2.22. The maximum absolute atomic E-state index is 13.5. The quantitative estimate of drug-likeness (QED) is 0.645. The third kappa shape index (κ3) is 4.52. The molecule has 0 saturated heterocycles. The Balaban J connectivity index is 1.99. The summed E-state index contributed by atoms with van der Waals surface area (Å²) >= 11 is 0. The Labute approximate surface area is 154 Å². The first-order valence-electron chi connectivity index (χ1n) is 8.12. The van der Waals surface area contributed by atoms with Gasteiger partial charge >= 0.3 is 0 Å². The van der Waals surface area contributed by atoms with E-state index in [0.29, 0.717) is 17.1 Å². The molecule has 1 aromatic heterocycles. The zero-order valence-corrected chi connectivity index (χ0v) is 14.2. The molecule has 0 aliphatic heterocycles. The fourth-order valence-corrected chi connectivity index (χ4v) is 2.32. The molecule has 3 rings (SSSR count). The van der Waals surface area contributed by atoms with Gasteiger partial charge in [0.2, 0.25) is 0 Å². The molecule has 7 heteroatoms. The predicted octanol–water partition coefficient (Wildman–Crippen LogP) is 4.08. The number of hydrogen-bond donors (Lipinski definition) is 2. The highest BCUT2D eigenvalue weighted by atomic mass is 19.2. The summed E-state index contributed by atoms with van der Waals surface area (Å²) in [5.74, 6) is -1.73. The van der Waals surface area contributed by atoms with Crippen LogP contribution < -0.4 is 10.6 Å². The molecule has 1 heterocycles. The number of nitrogens with zero attached hydrogens (tertiary/aromatic N) is 2. The monoisotopic (exact) mass is 366 g/mol. The second-order valence-electron chi connectivity index (χ2n) is 5.58. The van der Waals surface area contributed by atoms with Crippen LogP contribution in [0.15, 0.2) is 67.3 Å².